The van der Waals surface area contributed by atoms with Crippen molar-refractivity contribution in [1.29, 1.82) is 0 Å². The molecule has 1 fully saturated rings. The first-order chi connectivity index (χ1) is 11.1. The third-order valence-corrected chi connectivity index (χ3v) is 3.84. The quantitative estimate of drug-likeness (QED) is 0.791. The highest BCUT2D eigenvalue weighted by atomic mass is 16.5. The first kappa shape index (κ1) is 17.1. The van der Waals surface area contributed by atoms with Crippen molar-refractivity contribution in [2.75, 3.05) is 6.54 Å². The van der Waals surface area contributed by atoms with Crippen LogP contribution in [0, 0.1) is 0 Å². The number of ether oxygens (including phenoxy) is 1. The largest absolute Gasteiger partial charge is 0.490 e. The van der Waals surface area contributed by atoms with E-state index in [9.17, 15) is 9.59 Å². The zero-order valence-electron chi connectivity index (χ0n) is 13.7. The highest BCUT2D eigenvalue weighted by Crippen LogP contribution is 2.21. The smallest absolute Gasteiger partial charge is 0.244 e. The van der Waals surface area contributed by atoms with Gasteiger partial charge in [-0.15, -0.1) is 0 Å². The van der Waals surface area contributed by atoms with Crippen molar-refractivity contribution in [2.45, 2.75) is 45.3 Å². The predicted octanol–water partition coefficient (Wildman–Crippen LogP) is 2.27. The van der Waals surface area contributed by atoms with E-state index in [0.29, 0.717) is 13.0 Å². The van der Waals surface area contributed by atoms with Crippen molar-refractivity contribution in [2.24, 2.45) is 0 Å². The Balaban J connectivity index is 1.99. The lowest BCUT2D eigenvalue weighted by atomic mass is 10.1. The summed E-state index contributed by atoms with van der Waals surface area (Å²) < 4.78 is 5.85. The van der Waals surface area contributed by atoms with Gasteiger partial charge in [0.05, 0.1) is 6.10 Å². The Morgan fingerprint density at radius 3 is 3.00 bits per heavy atom. The molecule has 0 spiro atoms. The summed E-state index contributed by atoms with van der Waals surface area (Å²) in [5, 5.41) is 5.48. The summed E-state index contributed by atoms with van der Waals surface area (Å²) in [5.41, 5.74) is 0.844. The van der Waals surface area contributed by atoms with E-state index in [4.69, 9.17) is 4.74 Å². The second-order valence-electron chi connectivity index (χ2n) is 5.70. The van der Waals surface area contributed by atoms with Crippen LogP contribution in [-0.4, -0.2) is 30.5 Å². The molecule has 0 saturated carbocycles. The summed E-state index contributed by atoms with van der Waals surface area (Å²) in [4.78, 5) is 23.6. The van der Waals surface area contributed by atoms with Crippen LogP contribution in [0.15, 0.2) is 30.3 Å². The number of carbonyl (C=O) groups is 2. The molecule has 0 aromatic heterocycles. The zero-order valence-corrected chi connectivity index (χ0v) is 13.7. The molecule has 1 saturated heterocycles. The number of rotatable bonds is 6. The maximum absolute atomic E-state index is 12.0. The summed E-state index contributed by atoms with van der Waals surface area (Å²) >= 11 is 0. The Labute approximate surface area is 137 Å². The minimum Gasteiger partial charge on any atom is -0.490 e. The molecule has 2 atom stereocenters. The van der Waals surface area contributed by atoms with Gasteiger partial charge in [-0.3, -0.25) is 9.59 Å². The van der Waals surface area contributed by atoms with Crippen LogP contribution < -0.4 is 15.4 Å². The molecule has 124 valence electrons. The van der Waals surface area contributed by atoms with E-state index in [1.165, 1.54) is 6.08 Å². The lowest BCUT2D eigenvalue weighted by Gasteiger charge is -2.22. The van der Waals surface area contributed by atoms with E-state index in [1.807, 2.05) is 31.2 Å². The second-order valence-corrected chi connectivity index (χ2v) is 5.70. The van der Waals surface area contributed by atoms with E-state index in [2.05, 4.69) is 17.6 Å². The van der Waals surface area contributed by atoms with Crippen molar-refractivity contribution in [3.63, 3.8) is 0 Å². The third-order valence-electron chi connectivity index (χ3n) is 3.84. The first-order valence-corrected chi connectivity index (χ1v) is 8.12. The Hall–Kier alpha value is -2.30. The fourth-order valence-electron chi connectivity index (χ4n) is 2.32. The third kappa shape index (κ3) is 5.13. The van der Waals surface area contributed by atoms with Gasteiger partial charge >= 0.3 is 0 Å². The van der Waals surface area contributed by atoms with Gasteiger partial charge in [-0.2, -0.15) is 0 Å². The highest BCUT2D eigenvalue weighted by Gasteiger charge is 2.22. The average Bonchev–Trinajstić information content (AvgIpc) is 2.56. The molecule has 5 heteroatoms. The number of piperidine rings is 1. The molecule has 1 aliphatic heterocycles. The molecular formula is C18H24N2O3. The van der Waals surface area contributed by atoms with Crippen LogP contribution in [0.25, 0.3) is 6.08 Å². The van der Waals surface area contributed by atoms with E-state index < -0.39 is 6.04 Å². The van der Waals surface area contributed by atoms with Crippen LogP contribution >= 0.6 is 0 Å². The maximum Gasteiger partial charge on any atom is 0.244 e. The summed E-state index contributed by atoms with van der Waals surface area (Å²) in [6, 6.07) is 7.15. The van der Waals surface area contributed by atoms with Gasteiger partial charge in [-0.1, -0.05) is 25.1 Å². The molecule has 2 rings (SSSR count). The van der Waals surface area contributed by atoms with Crippen molar-refractivity contribution in [1.82, 2.24) is 10.6 Å². The number of nitrogens with one attached hydrogen (secondary N) is 2. The second kappa shape index (κ2) is 8.36. The van der Waals surface area contributed by atoms with Crippen LogP contribution in [0.2, 0.25) is 0 Å². The Bertz CT molecular complexity index is 583. The fraction of sp³-hybridized carbons (Fsp3) is 0.444. The van der Waals surface area contributed by atoms with Crippen LogP contribution in [0.3, 0.4) is 0 Å². The Morgan fingerprint density at radius 1 is 1.48 bits per heavy atom. The van der Waals surface area contributed by atoms with Gasteiger partial charge in [-0.05, 0) is 38.3 Å². The molecule has 1 aromatic carbocycles. The monoisotopic (exact) mass is 316 g/mol. The number of para-hydroxylation sites is 1. The van der Waals surface area contributed by atoms with Gasteiger partial charge < -0.3 is 15.4 Å². The molecule has 0 bridgehead atoms. The van der Waals surface area contributed by atoms with Crippen molar-refractivity contribution in [3.8, 4) is 5.75 Å². The summed E-state index contributed by atoms with van der Waals surface area (Å²) in [5.74, 6) is 0.366. The number of hydrogen-bond donors (Lipinski definition) is 2. The fourth-order valence-corrected chi connectivity index (χ4v) is 2.32. The molecule has 1 heterocycles. The van der Waals surface area contributed by atoms with E-state index in [1.54, 1.807) is 6.08 Å². The maximum atomic E-state index is 12.0. The van der Waals surface area contributed by atoms with Crippen molar-refractivity contribution in [3.05, 3.63) is 35.9 Å². The minimum atomic E-state index is -0.437. The lowest BCUT2D eigenvalue weighted by molar-refractivity contribution is -0.128. The van der Waals surface area contributed by atoms with E-state index >= 15 is 0 Å². The molecule has 23 heavy (non-hydrogen) atoms. The lowest BCUT2D eigenvalue weighted by Crippen LogP contribution is -2.49. The van der Waals surface area contributed by atoms with Crippen LogP contribution in [0.5, 0.6) is 5.75 Å². The van der Waals surface area contributed by atoms with Crippen LogP contribution in [-0.2, 0) is 9.59 Å². The number of benzene rings is 1. The van der Waals surface area contributed by atoms with Crippen molar-refractivity contribution < 1.29 is 14.3 Å². The molecule has 1 aromatic rings. The molecule has 2 unspecified atom stereocenters. The molecule has 1 aliphatic rings. The van der Waals surface area contributed by atoms with E-state index in [-0.39, 0.29) is 17.9 Å². The molecule has 0 radical (unpaired) electrons. The summed E-state index contributed by atoms with van der Waals surface area (Å²) in [6.07, 6.45) is 5.75. The van der Waals surface area contributed by atoms with Gasteiger partial charge in [-0.25, -0.2) is 0 Å². The Kier molecular flexibility index (Phi) is 6.20. The van der Waals surface area contributed by atoms with Gasteiger partial charge in [0.25, 0.3) is 0 Å². The first-order valence-electron chi connectivity index (χ1n) is 8.12. The zero-order chi connectivity index (χ0) is 16.7. The van der Waals surface area contributed by atoms with Crippen LogP contribution in [0.1, 0.15) is 38.7 Å². The van der Waals surface area contributed by atoms with Gasteiger partial charge in [0, 0.05) is 18.2 Å². The summed E-state index contributed by atoms with van der Waals surface area (Å²) in [6.45, 7) is 4.75. The molecule has 2 N–H and O–H groups in total. The summed E-state index contributed by atoms with van der Waals surface area (Å²) in [7, 11) is 0. The standard InChI is InChI=1S/C18H24N2O3/c1-3-13(2)23-16-9-5-4-7-14(16)10-11-17(21)20-15-8-6-12-19-18(15)22/h4-5,7,9-11,13,15H,3,6,8,12H2,1-2H3,(H,19,22)(H,20,21). The van der Waals surface area contributed by atoms with E-state index in [0.717, 1.165) is 24.2 Å². The number of amides is 2. The Morgan fingerprint density at radius 2 is 2.26 bits per heavy atom. The van der Waals surface area contributed by atoms with Gasteiger partial charge in [0.15, 0.2) is 0 Å². The van der Waals surface area contributed by atoms with Crippen LogP contribution in [0.4, 0.5) is 0 Å². The SMILES string of the molecule is CCC(C)Oc1ccccc1C=CC(=O)NC1CCCNC1=O. The highest BCUT2D eigenvalue weighted by molar-refractivity contribution is 5.95. The van der Waals surface area contributed by atoms with Gasteiger partial charge in [0.2, 0.25) is 11.8 Å². The molecular weight excluding hydrogens is 292 g/mol. The minimum absolute atomic E-state index is 0.112. The molecule has 5 nitrogen and oxygen atoms in total. The van der Waals surface area contributed by atoms with Crippen molar-refractivity contribution >= 4 is 17.9 Å². The normalized spacial score (nSPS) is 19.2. The number of carbonyl (C=O) groups excluding carboxylic acids is 2. The average molecular weight is 316 g/mol. The van der Waals surface area contributed by atoms with Gasteiger partial charge in [0.1, 0.15) is 11.8 Å². The number of hydrogen-bond acceptors (Lipinski definition) is 3. The molecule has 2 amide bonds. The predicted molar refractivity (Wildman–Crippen MR) is 90.0 cm³/mol. The molecule has 0 aliphatic carbocycles. The topological polar surface area (TPSA) is 67.4 Å².